The summed E-state index contributed by atoms with van der Waals surface area (Å²) >= 11 is 0. The van der Waals surface area contributed by atoms with Crippen molar-refractivity contribution in [2.75, 3.05) is 6.54 Å². The molecule has 0 unspecified atom stereocenters. The topological polar surface area (TPSA) is 12.0 Å². The predicted octanol–water partition coefficient (Wildman–Crippen LogP) is 2.28. The zero-order chi connectivity index (χ0) is 8.15. The molecule has 3 atom stereocenters. The van der Waals surface area contributed by atoms with Gasteiger partial charge in [-0.25, -0.2) is 0 Å². The minimum atomic E-state index is 0.741. The molecule has 1 nitrogen and oxygen atoms in total. The molecule has 1 fully saturated rings. The molecule has 0 radical (unpaired) electrons. The first kappa shape index (κ1) is 9.96. The maximum atomic E-state index is 3.42. The van der Waals surface area contributed by atoms with Gasteiger partial charge in [-0.1, -0.05) is 27.7 Å². The van der Waals surface area contributed by atoms with E-state index in [1.807, 2.05) is 13.8 Å². The van der Waals surface area contributed by atoms with Crippen LogP contribution in [-0.4, -0.2) is 12.6 Å². The number of rotatable bonds is 0. The molecule has 1 N–H and O–H groups in total. The molecule has 1 heterocycles. The monoisotopic (exact) mass is 143 g/mol. The molecule has 1 aliphatic rings. The summed E-state index contributed by atoms with van der Waals surface area (Å²) in [4.78, 5) is 0. The van der Waals surface area contributed by atoms with Crippen LogP contribution in [0.5, 0.6) is 0 Å². The second-order valence-corrected chi connectivity index (χ2v) is 3.03. The van der Waals surface area contributed by atoms with Gasteiger partial charge in [0.25, 0.3) is 0 Å². The van der Waals surface area contributed by atoms with Crippen molar-refractivity contribution >= 4 is 0 Å². The number of hydrogen-bond donors (Lipinski definition) is 1. The molecule has 1 aliphatic heterocycles. The molecule has 0 amide bonds. The van der Waals surface area contributed by atoms with Crippen molar-refractivity contribution in [3.63, 3.8) is 0 Å². The van der Waals surface area contributed by atoms with Crippen LogP contribution in [0.4, 0.5) is 0 Å². The Kier molecular flexibility index (Phi) is 4.71. The quantitative estimate of drug-likeness (QED) is 0.548. The molecule has 1 heteroatoms. The van der Waals surface area contributed by atoms with Crippen LogP contribution in [0.25, 0.3) is 0 Å². The Bertz CT molecular complexity index is 70.8. The Morgan fingerprint density at radius 1 is 1.10 bits per heavy atom. The smallest absolute Gasteiger partial charge is 0.00674 e. The predicted molar refractivity (Wildman–Crippen MR) is 47.1 cm³/mol. The van der Waals surface area contributed by atoms with E-state index in [0.717, 1.165) is 17.9 Å². The second kappa shape index (κ2) is 4.73. The van der Waals surface area contributed by atoms with Crippen molar-refractivity contribution in [2.45, 2.75) is 40.7 Å². The fourth-order valence-electron chi connectivity index (χ4n) is 1.24. The van der Waals surface area contributed by atoms with Gasteiger partial charge in [0.05, 0.1) is 0 Å². The molecule has 1 rings (SSSR count). The molecule has 0 aromatic heterocycles. The van der Waals surface area contributed by atoms with Crippen LogP contribution in [0, 0.1) is 11.8 Å². The average molecular weight is 143 g/mol. The highest BCUT2D eigenvalue weighted by atomic mass is 14.9. The van der Waals surface area contributed by atoms with Crippen LogP contribution >= 0.6 is 0 Å². The zero-order valence-corrected chi connectivity index (χ0v) is 7.94. The third-order valence-electron chi connectivity index (χ3n) is 2.45. The van der Waals surface area contributed by atoms with Crippen molar-refractivity contribution in [1.82, 2.24) is 5.32 Å². The standard InChI is InChI=1S/C7H15N.C2H6/c1-5-4-8-7(3)6(5)2;1-2/h5-8H,4H2,1-3H3;1-2H3/t5-,6-,7-;/m0./s1. The summed E-state index contributed by atoms with van der Waals surface area (Å²) in [5, 5.41) is 3.42. The van der Waals surface area contributed by atoms with Crippen LogP contribution in [0.2, 0.25) is 0 Å². The molecule has 1 saturated heterocycles. The van der Waals surface area contributed by atoms with E-state index in [1.54, 1.807) is 0 Å². The van der Waals surface area contributed by atoms with E-state index in [-0.39, 0.29) is 0 Å². The molecule has 0 saturated carbocycles. The van der Waals surface area contributed by atoms with Gasteiger partial charge in [0.1, 0.15) is 0 Å². The van der Waals surface area contributed by atoms with Gasteiger partial charge in [-0.3, -0.25) is 0 Å². The van der Waals surface area contributed by atoms with E-state index in [0.29, 0.717) is 0 Å². The lowest BCUT2D eigenvalue weighted by molar-refractivity contribution is 0.436. The average Bonchev–Trinajstić information content (AvgIpc) is 2.25. The van der Waals surface area contributed by atoms with Crippen molar-refractivity contribution in [2.24, 2.45) is 11.8 Å². The highest BCUT2D eigenvalue weighted by Crippen LogP contribution is 2.19. The summed E-state index contributed by atoms with van der Waals surface area (Å²) in [5.41, 5.74) is 0. The first-order valence-corrected chi connectivity index (χ1v) is 4.45. The van der Waals surface area contributed by atoms with Gasteiger partial charge in [0.15, 0.2) is 0 Å². The lowest BCUT2D eigenvalue weighted by Gasteiger charge is -2.10. The van der Waals surface area contributed by atoms with Crippen LogP contribution in [0.1, 0.15) is 34.6 Å². The van der Waals surface area contributed by atoms with E-state index in [2.05, 4.69) is 26.1 Å². The summed E-state index contributed by atoms with van der Waals surface area (Å²) in [5.74, 6) is 1.75. The highest BCUT2D eigenvalue weighted by molar-refractivity contribution is 4.81. The molecule has 0 bridgehead atoms. The van der Waals surface area contributed by atoms with Crippen LogP contribution in [0.3, 0.4) is 0 Å². The van der Waals surface area contributed by atoms with Crippen LogP contribution in [0.15, 0.2) is 0 Å². The third kappa shape index (κ3) is 2.30. The summed E-state index contributed by atoms with van der Waals surface area (Å²) in [6.07, 6.45) is 0. The fourth-order valence-corrected chi connectivity index (χ4v) is 1.24. The molecule has 0 aromatic carbocycles. The number of hydrogen-bond acceptors (Lipinski definition) is 1. The van der Waals surface area contributed by atoms with Gasteiger partial charge < -0.3 is 5.32 Å². The lowest BCUT2D eigenvalue weighted by Crippen LogP contribution is -2.20. The molecule has 0 aliphatic carbocycles. The Labute approximate surface area is 65.2 Å². The largest absolute Gasteiger partial charge is 0.314 e. The second-order valence-electron chi connectivity index (χ2n) is 3.03. The van der Waals surface area contributed by atoms with Crippen LogP contribution in [-0.2, 0) is 0 Å². The summed E-state index contributed by atoms with van der Waals surface area (Å²) in [6.45, 7) is 12.1. The Morgan fingerprint density at radius 2 is 1.60 bits per heavy atom. The number of nitrogens with one attached hydrogen (secondary N) is 1. The van der Waals surface area contributed by atoms with E-state index >= 15 is 0 Å². The maximum absolute atomic E-state index is 3.42. The molecular formula is C9H21N. The zero-order valence-electron chi connectivity index (χ0n) is 7.94. The van der Waals surface area contributed by atoms with E-state index in [9.17, 15) is 0 Å². The first-order valence-electron chi connectivity index (χ1n) is 4.45. The summed E-state index contributed by atoms with van der Waals surface area (Å²) < 4.78 is 0. The molecule has 0 aromatic rings. The molecule has 10 heavy (non-hydrogen) atoms. The Balaban J connectivity index is 0.000000371. The van der Waals surface area contributed by atoms with Gasteiger partial charge in [-0.15, -0.1) is 0 Å². The van der Waals surface area contributed by atoms with Crippen molar-refractivity contribution < 1.29 is 0 Å². The lowest BCUT2D eigenvalue weighted by atomic mass is 9.95. The summed E-state index contributed by atoms with van der Waals surface area (Å²) in [6, 6.07) is 0.741. The van der Waals surface area contributed by atoms with Gasteiger partial charge in [-0.05, 0) is 25.3 Å². The van der Waals surface area contributed by atoms with Crippen molar-refractivity contribution in [1.29, 1.82) is 0 Å². The third-order valence-corrected chi connectivity index (χ3v) is 2.45. The van der Waals surface area contributed by atoms with E-state index in [4.69, 9.17) is 0 Å². The minimum absolute atomic E-state index is 0.741. The van der Waals surface area contributed by atoms with Crippen molar-refractivity contribution in [3.8, 4) is 0 Å². The Morgan fingerprint density at radius 3 is 1.70 bits per heavy atom. The Hall–Kier alpha value is -0.0400. The van der Waals surface area contributed by atoms with Gasteiger partial charge in [0, 0.05) is 6.04 Å². The summed E-state index contributed by atoms with van der Waals surface area (Å²) in [7, 11) is 0. The van der Waals surface area contributed by atoms with Crippen molar-refractivity contribution in [3.05, 3.63) is 0 Å². The highest BCUT2D eigenvalue weighted by Gasteiger charge is 2.24. The van der Waals surface area contributed by atoms with E-state index in [1.165, 1.54) is 6.54 Å². The van der Waals surface area contributed by atoms with Gasteiger partial charge in [-0.2, -0.15) is 0 Å². The van der Waals surface area contributed by atoms with E-state index < -0.39 is 0 Å². The SMILES string of the molecule is CC.C[C@@H]1[C@H](C)NC[C@@H]1C. The normalized spacial score (nSPS) is 38.7. The molecule has 0 spiro atoms. The minimum Gasteiger partial charge on any atom is -0.314 e. The fraction of sp³-hybridized carbons (Fsp3) is 1.00. The van der Waals surface area contributed by atoms with Gasteiger partial charge in [0.2, 0.25) is 0 Å². The molecule has 62 valence electrons. The first-order chi connectivity index (χ1) is 4.72. The maximum Gasteiger partial charge on any atom is 0.00674 e. The van der Waals surface area contributed by atoms with Crippen LogP contribution < -0.4 is 5.32 Å². The van der Waals surface area contributed by atoms with Gasteiger partial charge >= 0.3 is 0 Å². The molecular weight excluding hydrogens is 122 g/mol.